The van der Waals surface area contributed by atoms with Crippen LogP contribution in [0.25, 0.3) is 11.1 Å². The minimum absolute atomic E-state index is 0.0119. The second-order valence-corrected chi connectivity index (χ2v) is 13.6. The summed E-state index contributed by atoms with van der Waals surface area (Å²) in [6.45, 7) is 4.38. The fourth-order valence-corrected chi connectivity index (χ4v) is 6.36. The number of hydrogen-bond donors (Lipinski definition) is 3. The minimum atomic E-state index is -3.15. The predicted octanol–water partition coefficient (Wildman–Crippen LogP) is 4.81. The fourth-order valence-electron chi connectivity index (χ4n) is 6.36. The molecule has 0 aliphatic heterocycles. The number of hydrogen-bond acceptors (Lipinski definition) is 9. The van der Waals surface area contributed by atoms with Gasteiger partial charge in [-0.05, 0) is 46.2 Å². The summed E-state index contributed by atoms with van der Waals surface area (Å²) in [5.74, 6) is -5.93. The van der Waals surface area contributed by atoms with Gasteiger partial charge in [-0.3, -0.25) is 9.59 Å². The first kappa shape index (κ1) is 36.0. The molecule has 1 aliphatic rings. The molecular formula is C40H42N2O8. The van der Waals surface area contributed by atoms with Gasteiger partial charge in [0.2, 0.25) is 0 Å². The largest absolute Gasteiger partial charge is 0.478 e. The zero-order valence-corrected chi connectivity index (χ0v) is 28.3. The highest BCUT2D eigenvalue weighted by Gasteiger charge is 2.64. The van der Waals surface area contributed by atoms with E-state index >= 15 is 0 Å². The first-order valence-corrected chi connectivity index (χ1v) is 16.4. The van der Waals surface area contributed by atoms with Gasteiger partial charge in [-0.25, -0.2) is 9.59 Å². The van der Waals surface area contributed by atoms with Crippen molar-refractivity contribution in [1.82, 2.24) is 0 Å². The van der Waals surface area contributed by atoms with Crippen LogP contribution in [0.5, 0.6) is 0 Å². The molecule has 0 fully saturated rings. The summed E-state index contributed by atoms with van der Waals surface area (Å²) in [7, 11) is 0. The lowest BCUT2D eigenvalue weighted by Gasteiger charge is -2.41. The number of carboxylic acids is 1. The van der Waals surface area contributed by atoms with Crippen LogP contribution in [-0.2, 0) is 46.2 Å². The molecule has 5 N–H and O–H groups in total. The maximum Gasteiger partial charge on any atom is 0.366 e. The van der Waals surface area contributed by atoms with Crippen molar-refractivity contribution in [1.29, 1.82) is 0 Å². The lowest BCUT2D eigenvalue weighted by atomic mass is 9.77. The first-order chi connectivity index (χ1) is 23.8. The third kappa shape index (κ3) is 7.61. The molecule has 0 spiro atoms. The molecule has 4 atom stereocenters. The van der Waals surface area contributed by atoms with Crippen LogP contribution in [0.15, 0.2) is 109 Å². The number of rotatable bonds is 13. The number of benzene rings is 4. The molecule has 260 valence electrons. The first-order valence-electron chi connectivity index (χ1n) is 16.4. The second-order valence-electron chi connectivity index (χ2n) is 13.6. The third-order valence-corrected chi connectivity index (χ3v) is 8.82. The third-order valence-electron chi connectivity index (χ3n) is 8.82. The zero-order valence-electron chi connectivity index (χ0n) is 28.3. The van der Waals surface area contributed by atoms with E-state index in [0.717, 1.165) is 27.8 Å². The summed E-state index contributed by atoms with van der Waals surface area (Å²) in [6.07, 6.45) is -1.82. The van der Waals surface area contributed by atoms with E-state index in [9.17, 15) is 24.3 Å². The molecule has 10 nitrogen and oxygen atoms in total. The van der Waals surface area contributed by atoms with Crippen molar-refractivity contribution in [2.24, 2.45) is 16.9 Å². The van der Waals surface area contributed by atoms with Gasteiger partial charge in [0.15, 0.2) is 6.10 Å². The van der Waals surface area contributed by atoms with Gasteiger partial charge < -0.3 is 30.8 Å². The molecule has 0 amide bonds. The normalized spacial score (nSPS) is 15.4. The molecule has 0 aromatic heterocycles. The lowest BCUT2D eigenvalue weighted by molar-refractivity contribution is -0.221. The average Bonchev–Trinajstić information content (AvgIpc) is 3.42. The Morgan fingerprint density at radius 2 is 1.12 bits per heavy atom. The van der Waals surface area contributed by atoms with E-state index in [0.29, 0.717) is 5.56 Å². The number of esters is 3. The highest BCUT2D eigenvalue weighted by Crippen LogP contribution is 2.45. The van der Waals surface area contributed by atoms with E-state index in [2.05, 4.69) is 0 Å². The van der Waals surface area contributed by atoms with Crippen LogP contribution in [0, 0.1) is 5.41 Å². The van der Waals surface area contributed by atoms with E-state index in [4.69, 9.17) is 25.7 Å². The van der Waals surface area contributed by atoms with Crippen LogP contribution in [0.4, 0.5) is 0 Å². The Labute approximate surface area is 291 Å². The summed E-state index contributed by atoms with van der Waals surface area (Å²) >= 11 is 0. The van der Waals surface area contributed by atoms with Crippen molar-refractivity contribution in [3.05, 3.63) is 131 Å². The maximum absolute atomic E-state index is 14.4. The summed E-state index contributed by atoms with van der Waals surface area (Å²) in [5, 5.41) is 10.9. The zero-order chi connectivity index (χ0) is 36.1. The number of ether oxygens (including phenoxy) is 3. The SMILES string of the molecule is CC(C)(C)C(OC(=O)[C@@H](N)Cc1ccccc1)C(OC(=O)[C@@H](N)Cc1ccccc1)(C(=O)O)C(=O)OCC1c2ccccc2-c2ccccc21. The molecule has 0 bridgehead atoms. The van der Waals surface area contributed by atoms with E-state index in [1.165, 1.54) is 0 Å². The molecule has 5 rings (SSSR count). The van der Waals surface area contributed by atoms with Gasteiger partial charge in [0.1, 0.15) is 18.7 Å². The number of carbonyl (C=O) groups excluding carboxylic acids is 3. The van der Waals surface area contributed by atoms with Crippen LogP contribution in [0.3, 0.4) is 0 Å². The molecule has 50 heavy (non-hydrogen) atoms. The van der Waals surface area contributed by atoms with Gasteiger partial charge >= 0.3 is 29.5 Å². The molecule has 2 unspecified atom stereocenters. The molecule has 10 heteroatoms. The fraction of sp³-hybridized carbons (Fsp3) is 0.300. The number of carbonyl (C=O) groups is 4. The Morgan fingerprint density at radius 1 is 0.680 bits per heavy atom. The van der Waals surface area contributed by atoms with Crippen LogP contribution >= 0.6 is 0 Å². The topological polar surface area (TPSA) is 168 Å². The van der Waals surface area contributed by atoms with Crippen LogP contribution in [-0.4, -0.2) is 59.4 Å². The number of aliphatic carboxylic acids is 1. The summed E-state index contributed by atoms with van der Waals surface area (Å²) < 4.78 is 17.3. The summed E-state index contributed by atoms with van der Waals surface area (Å²) in [5.41, 5.74) is 13.1. The van der Waals surface area contributed by atoms with Crippen LogP contribution in [0.1, 0.15) is 48.9 Å². The summed E-state index contributed by atoms with van der Waals surface area (Å²) in [6, 6.07) is 30.5. The second kappa shape index (κ2) is 15.1. The Balaban J connectivity index is 1.50. The highest BCUT2D eigenvalue weighted by atomic mass is 16.6. The van der Waals surface area contributed by atoms with Crippen LogP contribution < -0.4 is 11.5 Å². The molecular weight excluding hydrogens is 636 g/mol. The molecule has 1 aliphatic carbocycles. The molecule has 0 saturated heterocycles. The highest BCUT2D eigenvalue weighted by molar-refractivity contribution is 6.06. The standard InChI is InChI=1S/C40H42N2O8/c1-39(2,3)36(49-34(43)32(41)22-25-14-6-4-7-15-25)40(37(45)46,50-35(44)33(42)23-26-16-8-5-9-17-26)38(47)48-24-31-29-20-12-10-18-27(29)28-19-11-13-21-30(28)31/h4-21,31-33,36H,22-24,41-42H2,1-3H3,(H,45,46)/t32-,33-,36?,40?/m0/s1. The minimum Gasteiger partial charge on any atom is -0.478 e. The van der Waals surface area contributed by atoms with Gasteiger partial charge in [0, 0.05) is 11.3 Å². The Hall–Kier alpha value is -5.32. The Morgan fingerprint density at radius 3 is 1.58 bits per heavy atom. The van der Waals surface area contributed by atoms with E-state index in [-0.39, 0.29) is 19.4 Å². The molecule has 0 radical (unpaired) electrons. The van der Waals surface area contributed by atoms with Gasteiger partial charge in [-0.15, -0.1) is 0 Å². The van der Waals surface area contributed by atoms with Gasteiger partial charge in [0.05, 0.1) is 0 Å². The quantitative estimate of drug-likeness (QED) is 0.101. The average molecular weight is 679 g/mol. The molecule has 0 heterocycles. The van der Waals surface area contributed by atoms with E-state index in [1.54, 1.807) is 75.4 Å². The van der Waals surface area contributed by atoms with E-state index in [1.807, 2.05) is 54.6 Å². The van der Waals surface area contributed by atoms with Crippen molar-refractivity contribution in [2.45, 2.75) is 63.3 Å². The van der Waals surface area contributed by atoms with Crippen molar-refractivity contribution >= 4 is 23.9 Å². The van der Waals surface area contributed by atoms with Crippen molar-refractivity contribution in [3.63, 3.8) is 0 Å². The van der Waals surface area contributed by atoms with E-state index < -0.39 is 59.0 Å². The number of carboxylic acid groups (broad SMARTS) is 1. The monoisotopic (exact) mass is 678 g/mol. The summed E-state index contributed by atoms with van der Waals surface area (Å²) in [4.78, 5) is 55.1. The van der Waals surface area contributed by atoms with Crippen molar-refractivity contribution in [2.75, 3.05) is 6.61 Å². The Kier molecular flexibility index (Phi) is 10.8. The number of fused-ring (bicyclic) bond motifs is 3. The molecule has 4 aromatic rings. The smallest absolute Gasteiger partial charge is 0.366 e. The van der Waals surface area contributed by atoms with Gasteiger partial charge in [-0.2, -0.15) is 0 Å². The lowest BCUT2D eigenvalue weighted by Crippen LogP contribution is -2.66. The van der Waals surface area contributed by atoms with Crippen molar-refractivity contribution in [3.8, 4) is 11.1 Å². The maximum atomic E-state index is 14.4. The number of nitrogens with two attached hydrogens (primary N) is 2. The van der Waals surface area contributed by atoms with Gasteiger partial charge in [0.25, 0.3) is 0 Å². The predicted molar refractivity (Wildman–Crippen MR) is 187 cm³/mol. The Bertz CT molecular complexity index is 1790. The van der Waals surface area contributed by atoms with Crippen LogP contribution in [0.2, 0.25) is 0 Å². The van der Waals surface area contributed by atoms with Gasteiger partial charge in [-0.1, -0.05) is 130 Å². The van der Waals surface area contributed by atoms with Crippen molar-refractivity contribution < 1.29 is 38.5 Å². The molecule has 0 saturated carbocycles. The molecule has 4 aromatic carbocycles.